The van der Waals surface area contributed by atoms with E-state index >= 15 is 0 Å². The van der Waals surface area contributed by atoms with Gasteiger partial charge in [-0.2, -0.15) is 0 Å². The number of nitrogens with one attached hydrogen (secondary N) is 1. The standard InChI is InChI=1S/C20H24FN3/c1-13(2)12-24-15(4)10-16-7-8-22-20(19(16)24)23-11-17-5-6-18(21)9-14(17)3/h5-10,13H,11-12H2,1-4H3,(H,22,23). The highest BCUT2D eigenvalue weighted by Gasteiger charge is 2.12. The molecule has 0 spiro atoms. The Morgan fingerprint density at radius 1 is 1.17 bits per heavy atom. The van der Waals surface area contributed by atoms with E-state index in [4.69, 9.17) is 0 Å². The molecule has 126 valence electrons. The van der Waals surface area contributed by atoms with E-state index in [0.29, 0.717) is 12.5 Å². The summed E-state index contributed by atoms with van der Waals surface area (Å²) in [6.45, 7) is 10.1. The second-order valence-corrected chi connectivity index (χ2v) is 6.81. The fraction of sp³-hybridized carbons (Fsp3) is 0.350. The number of aromatic nitrogens is 2. The van der Waals surface area contributed by atoms with Crippen molar-refractivity contribution < 1.29 is 4.39 Å². The van der Waals surface area contributed by atoms with E-state index in [1.165, 1.54) is 17.1 Å². The minimum Gasteiger partial charge on any atom is -0.364 e. The fourth-order valence-corrected chi connectivity index (χ4v) is 3.11. The lowest BCUT2D eigenvalue weighted by Gasteiger charge is -2.15. The van der Waals surface area contributed by atoms with Crippen LogP contribution in [0.4, 0.5) is 10.2 Å². The zero-order valence-corrected chi connectivity index (χ0v) is 14.7. The summed E-state index contributed by atoms with van der Waals surface area (Å²) >= 11 is 0. The van der Waals surface area contributed by atoms with Crippen molar-refractivity contribution in [2.45, 2.75) is 40.8 Å². The number of benzene rings is 1. The lowest BCUT2D eigenvalue weighted by molar-refractivity contribution is 0.528. The summed E-state index contributed by atoms with van der Waals surface area (Å²) in [7, 11) is 0. The van der Waals surface area contributed by atoms with Crippen molar-refractivity contribution in [3.05, 3.63) is 59.2 Å². The summed E-state index contributed by atoms with van der Waals surface area (Å²) in [5, 5.41) is 4.63. The average Bonchev–Trinajstić information content (AvgIpc) is 2.82. The third kappa shape index (κ3) is 3.28. The zero-order valence-electron chi connectivity index (χ0n) is 14.7. The van der Waals surface area contributed by atoms with E-state index in [-0.39, 0.29) is 5.82 Å². The first-order chi connectivity index (χ1) is 11.5. The van der Waals surface area contributed by atoms with Crippen LogP contribution in [0.3, 0.4) is 0 Å². The number of fused-ring (bicyclic) bond motifs is 1. The van der Waals surface area contributed by atoms with Gasteiger partial charge in [0.05, 0.1) is 5.52 Å². The Kier molecular flexibility index (Phi) is 4.56. The SMILES string of the molecule is Cc1cc(F)ccc1CNc1nccc2cc(C)n(CC(C)C)c12. The molecule has 0 atom stereocenters. The molecule has 0 unspecified atom stereocenters. The van der Waals surface area contributed by atoms with Crippen LogP contribution in [-0.2, 0) is 13.1 Å². The van der Waals surface area contributed by atoms with Crippen LogP contribution in [0.1, 0.15) is 30.7 Å². The van der Waals surface area contributed by atoms with Crippen LogP contribution in [0.15, 0.2) is 36.5 Å². The van der Waals surface area contributed by atoms with Gasteiger partial charge in [0.2, 0.25) is 0 Å². The number of hydrogen-bond donors (Lipinski definition) is 1. The number of pyridine rings is 1. The zero-order chi connectivity index (χ0) is 17.3. The fourth-order valence-electron chi connectivity index (χ4n) is 3.11. The van der Waals surface area contributed by atoms with E-state index < -0.39 is 0 Å². The second-order valence-electron chi connectivity index (χ2n) is 6.81. The summed E-state index contributed by atoms with van der Waals surface area (Å²) in [5.41, 5.74) is 4.41. The van der Waals surface area contributed by atoms with E-state index in [1.54, 1.807) is 6.07 Å². The lowest BCUT2D eigenvalue weighted by atomic mass is 10.1. The van der Waals surface area contributed by atoms with Gasteiger partial charge in [-0.1, -0.05) is 19.9 Å². The largest absolute Gasteiger partial charge is 0.364 e. The Balaban J connectivity index is 1.94. The lowest BCUT2D eigenvalue weighted by Crippen LogP contribution is -2.09. The highest BCUT2D eigenvalue weighted by Crippen LogP contribution is 2.26. The number of rotatable bonds is 5. The topological polar surface area (TPSA) is 29.9 Å². The molecule has 0 saturated heterocycles. The van der Waals surface area contributed by atoms with Gasteiger partial charge < -0.3 is 9.88 Å². The van der Waals surface area contributed by atoms with Gasteiger partial charge in [-0.3, -0.25) is 0 Å². The molecule has 0 saturated carbocycles. The van der Waals surface area contributed by atoms with Crippen molar-refractivity contribution >= 4 is 16.7 Å². The van der Waals surface area contributed by atoms with Gasteiger partial charge in [0.1, 0.15) is 5.82 Å². The Bertz CT molecular complexity index is 865. The van der Waals surface area contributed by atoms with Gasteiger partial charge in [0.25, 0.3) is 0 Å². The summed E-state index contributed by atoms with van der Waals surface area (Å²) in [6, 6.07) is 9.15. The Morgan fingerprint density at radius 2 is 1.96 bits per heavy atom. The molecule has 0 fully saturated rings. The van der Waals surface area contributed by atoms with Crippen LogP contribution in [0.5, 0.6) is 0 Å². The van der Waals surface area contributed by atoms with Gasteiger partial charge >= 0.3 is 0 Å². The van der Waals surface area contributed by atoms with E-state index in [2.05, 4.69) is 41.7 Å². The van der Waals surface area contributed by atoms with E-state index in [9.17, 15) is 4.39 Å². The molecule has 3 aromatic rings. The summed E-state index contributed by atoms with van der Waals surface area (Å²) < 4.78 is 15.6. The van der Waals surface area contributed by atoms with Gasteiger partial charge in [-0.05, 0) is 55.2 Å². The maximum absolute atomic E-state index is 13.3. The maximum Gasteiger partial charge on any atom is 0.150 e. The van der Waals surface area contributed by atoms with Gasteiger partial charge in [0, 0.05) is 30.4 Å². The number of nitrogens with zero attached hydrogens (tertiary/aromatic N) is 2. The summed E-state index contributed by atoms with van der Waals surface area (Å²) in [4.78, 5) is 4.54. The molecule has 0 aliphatic carbocycles. The van der Waals surface area contributed by atoms with Crippen LogP contribution in [-0.4, -0.2) is 9.55 Å². The smallest absolute Gasteiger partial charge is 0.150 e. The minimum atomic E-state index is -0.196. The molecule has 0 bridgehead atoms. The van der Waals surface area contributed by atoms with Gasteiger partial charge in [-0.25, -0.2) is 9.37 Å². The predicted octanol–water partition coefficient (Wildman–Crippen LogP) is 5.06. The van der Waals surface area contributed by atoms with Crippen LogP contribution in [0.25, 0.3) is 10.9 Å². The maximum atomic E-state index is 13.3. The number of anilines is 1. The Labute approximate surface area is 142 Å². The molecular formula is C20H24FN3. The highest BCUT2D eigenvalue weighted by molar-refractivity contribution is 5.90. The van der Waals surface area contributed by atoms with Crippen LogP contribution >= 0.6 is 0 Å². The molecule has 1 N–H and O–H groups in total. The number of aryl methyl sites for hydroxylation is 2. The monoisotopic (exact) mass is 325 g/mol. The Hall–Kier alpha value is -2.36. The molecule has 0 amide bonds. The summed E-state index contributed by atoms with van der Waals surface area (Å²) in [6.07, 6.45) is 1.83. The van der Waals surface area contributed by atoms with E-state index in [1.807, 2.05) is 25.3 Å². The molecule has 0 aliphatic heterocycles. The van der Waals surface area contributed by atoms with Crippen LogP contribution in [0, 0.1) is 25.6 Å². The molecule has 2 aromatic heterocycles. The van der Waals surface area contributed by atoms with Crippen molar-refractivity contribution in [2.24, 2.45) is 5.92 Å². The molecule has 3 nitrogen and oxygen atoms in total. The Morgan fingerprint density at radius 3 is 2.67 bits per heavy atom. The number of hydrogen-bond acceptors (Lipinski definition) is 2. The second kappa shape index (κ2) is 6.63. The first-order valence-corrected chi connectivity index (χ1v) is 8.39. The van der Waals surface area contributed by atoms with Crippen molar-refractivity contribution in [1.82, 2.24) is 9.55 Å². The van der Waals surface area contributed by atoms with Gasteiger partial charge in [-0.15, -0.1) is 0 Å². The van der Waals surface area contributed by atoms with Crippen molar-refractivity contribution in [3.8, 4) is 0 Å². The molecule has 0 radical (unpaired) electrons. The quantitative estimate of drug-likeness (QED) is 0.710. The molecule has 3 rings (SSSR count). The van der Waals surface area contributed by atoms with Crippen LogP contribution in [0.2, 0.25) is 0 Å². The number of halogens is 1. The third-order valence-electron chi connectivity index (χ3n) is 4.31. The first kappa shape index (κ1) is 16.5. The molecule has 4 heteroatoms. The van der Waals surface area contributed by atoms with Crippen LogP contribution < -0.4 is 5.32 Å². The normalized spacial score (nSPS) is 11.4. The predicted molar refractivity (Wildman–Crippen MR) is 97.8 cm³/mol. The van der Waals surface area contributed by atoms with Gasteiger partial charge in [0.15, 0.2) is 5.82 Å². The first-order valence-electron chi connectivity index (χ1n) is 8.39. The highest BCUT2D eigenvalue weighted by atomic mass is 19.1. The molecule has 0 aliphatic rings. The molecule has 24 heavy (non-hydrogen) atoms. The molecule has 2 heterocycles. The van der Waals surface area contributed by atoms with Crippen molar-refractivity contribution in [1.29, 1.82) is 0 Å². The minimum absolute atomic E-state index is 0.196. The van der Waals surface area contributed by atoms with Crippen molar-refractivity contribution in [2.75, 3.05) is 5.32 Å². The third-order valence-corrected chi connectivity index (χ3v) is 4.31. The van der Waals surface area contributed by atoms with E-state index in [0.717, 1.165) is 29.0 Å². The summed E-state index contributed by atoms with van der Waals surface area (Å²) in [5.74, 6) is 1.24. The molecular weight excluding hydrogens is 301 g/mol. The average molecular weight is 325 g/mol. The molecule has 1 aromatic carbocycles. The van der Waals surface area contributed by atoms with Crippen molar-refractivity contribution in [3.63, 3.8) is 0 Å².